The van der Waals surface area contributed by atoms with E-state index < -0.39 is 49.9 Å². The van der Waals surface area contributed by atoms with Gasteiger partial charge in [0.15, 0.2) is 5.60 Å². The zero-order valence-corrected chi connectivity index (χ0v) is 22.4. The highest BCUT2D eigenvalue weighted by molar-refractivity contribution is 7.91. The first kappa shape index (κ1) is 29.9. The van der Waals surface area contributed by atoms with E-state index in [2.05, 4.69) is 5.32 Å². The summed E-state index contributed by atoms with van der Waals surface area (Å²) in [5.41, 5.74) is -4.09. The number of amides is 2. The van der Waals surface area contributed by atoms with Gasteiger partial charge in [-0.1, -0.05) is 29.8 Å². The molecule has 0 aromatic heterocycles. The SMILES string of the molecule is CN(C)C(=O)c1ccc(S(=O)(=O)c2ccc(C(NC(=O)c3ccccc3O)C(C)(O)C(F)(F)F)c(Cl)c2)cc1. The predicted octanol–water partition coefficient (Wildman–Crippen LogP) is 4.36. The summed E-state index contributed by atoms with van der Waals surface area (Å²) < 4.78 is 67.9. The molecule has 8 nitrogen and oxygen atoms in total. The van der Waals surface area contributed by atoms with Crippen LogP contribution in [-0.4, -0.2) is 61.2 Å². The van der Waals surface area contributed by atoms with Gasteiger partial charge in [0.2, 0.25) is 9.84 Å². The van der Waals surface area contributed by atoms with Gasteiger partial charge in [0, 0.05) is 24.7 Å². The Morgan fingerprint density at radius 2 is 1.54 bits per heavy atom. The lowest BCUT2D eigenvalue weighted by molar-refractivity contribution is -0.263. The van der Waals surface area contributed by atoms with Crippen LogP contribution in [0.4, 0.5) is 13.2 Å². The van der Waals surface area contributed by atoms with Gasteiger partial charge >= 0.3 is 6.18 Å². The number of phenolic OH excluding ortho intramolecular Hbond substituents is 1. The number of carbonyl (C=O) groups excluding carboxylic acids is 2. The van der Waals surface area contributed by atoms with Gasteiger partial charge in [-0.25, -0.2) is 8.42 Å². The molecule has 3 N–H and O–H groups in total. The van der Waals surface area contributed by atoms with E-state index in [0.29, 0.717) is 6.92 Å². The summed E-state index contributed by atoms with van der Waals surface area (Å²) in [4.78, 5) is 25.6. The van der Waals surface area contributed by atoms with Crippen molar-refractivity contribution in [2.45, 2.75) is 34.5 Å². The smallest absolute Gasteiger partial charge is 0.419 e. The summed E-state index contributed by atoms with van der Waals surface area (Å²) in [7, 11) is -1.15. The molecular weight excluding hydrogens is 561 g/mol. The Balaban J connectivity index is 2.03. The molecule has 0 saturated carbocycles. The molecule has 0 radical (unpaired) electrons. The number of halogens is 4. The van der Waals surface area contributed by atoms with Gasteiger partial charge < -0.3 is 20.4 Å². The van der Waals surface area contributed by atoms with Crippen molar-refractivity contribution in [1.29, 1.82) is 0 Å². The summed E-state index contributed by atoms with van der Waals surface area (Å²) in [5.74, 6) is -1.99. The molecule has 3 aromatic carbocycles. The molecule has 0 saturated heterocycles. The Bertz CT molecular complexity index is 1510. The number of alkyl halides is 3. The molecular formula is C26H24ClF3N2O6S. The van der Waals surface area contributed by atoms with Gasteiger partial charge in [-0.2, -0.15) is 13.2 Å². The normalized spacial score (nSPS) is 14.3. The summed E-state index contributed by atoms with van der Waals surface area (Å²) in [6.07, 6.45) is -5.25. The Morgan fingerprint density at radius 1 is 0.974 bits per heavy atom. The third-order valence-corrected chi connectivity index (χ3v) is 8.07. The van der Waals surface area contributed by atoms with Crippen LogP contribution in [0.5, 0.6) is 5.75 Å². The van der Waals surface area contributed by atoms with Crippen LogP contribution in [-0.2, 0) is 9.84 Å². The Morgan fingerprint density at radius 3 is 2.05 bits per heavy atom. The van der Waals surface area contributed by atoms with E-state index in [0.717, 1.165) is 24.3 Å². The maximum Gasteiger partial charge on any atom is 0.419 e. The molecule has 2 atom stereocenters. The standard InChI is InChI=1S/C26H24ClF3N2O6S/c1-25(36,26(28,29)30)22(31-23(34)19-6-4-5-7-21(19)33)18-13-12-17(14-20(18)27)39(37,38)16-10-8-15(9-11-16)24(35)32(2)3/h4-14,22,33,36H,1-3H3,(H,31,34). The topological polar surface area (TPSA) is 124 Å². The molecule has 0 fully saturated rings. The van der Waals surface area contributed by atoms with Crippen molar-refractivity contribution in [2.75, 3.05) is 14.1 Å². The van der Waals surface area contributed by atoms with Crippen LogP contribution in [0.15, 0.2) is 76.5 Å². The number of hydrogen-bond donors (Lipinski definition) is 3. The summed E-state index contributed by atoms with van der Waals surface area (Å²) in [5, 5.41) is 22.0. The fraction of sp³-hybridized carbons (Fsp3) is 0.231. The maximum absolute atomic E-state index is 13.8. The van der Waals surface area contributed by atoms with E-state index in [1.165, 1.54) is 61.5 Å². The number of carbonyl (C=O) groups is 2. The molecule has 0 aliphatic heterocycles. The number of hydrogen-bond acceptors (Lipinski definition) is 6. The third-order valence-electron chi connectivity index (χ3n) is 5.97. The number of sulfone groups is 1. The van der Waals surface area contributed by atoms with Crippen LogP contribution in [0.25, 0.3) is 0 Å². The van der Waals surface area contributed by atoms with E-state index >= 15 is 0 Å². The molecule has 0 aliphatic carbocycles. The number of para-hydroxylation sites is 1. The molecule has 0 bridgehead atoms. The number of aromatic hydroxyl groups is 1. The van der Waals surface area contributed by atoms with Crippen LogP contribution >= 0.6 is 11.6 Å². The predicted molar refractivity (Wildman–Crippen MR) is 136 cm³/mol. The molecule has 2 unspecified atom stereocenters. The molecule has 0 heterocycles. The van der Waals surface area contributed by atoms with Gasteiger partial charge in [-0.3, -0.25) is 9.59 Å². The van der Waals surface area contributed by atoms with E-state index in [4.69, 9.17) is 11.6 Å². The largest absolute Gasteiger partial charge is 0.507 e. The van der Waals surface area contributed by atoms with E-state index in [1.807, 2.05) is 0 Å². The van der Waals surface area contributed by atoms with Crippen LogP contribution in [0.3, 0.4) is 0 Å². The summed E-state index contributed by atoms with van der Waals surface area (Å²) >= 11 is 6.24. The zero-order valence-electron chi connectivity index (χ0n) is 20.8. The molecule has 0 spiro atoms. The van der Waals surface area contributed by atoms with Crippen molar-refractivity contribution in [3.05, 3.63) is 88.4 Å². The maximum atomic E-state index is 13.8. The van der Waals surface area contributed by atoms with Crippen molar-refractivity contribution in [1.82, 2.24) is 10.2 Å². The van der Waals surface area contributed by atoms with Gasteiger partial charge in [0.05, 0.1) is 21.4 Å². The van der Waals surface area contributed by atoms with Gasteiger partial charge in [0.1, 0.15) is 5.75 Å². The highest BCUT2D eigenvalue weighted by atomic mass is 35.5. The Hall–Kier alpha value is -3.61. The minimum atomic E-state index is -5.25. The fourth-order valence-corrected chi connectivity index (χ4v) is 5.28. The second-order valence-electron chi connectivity index (χ2n) is 8.98. The average molecular weight is 585 g/mol. The first-order valence-electron chi connectivity index (χ1n) is 11.2. The molecule has 3 aromatic rings. The number of nitrogens with zero attached hydrogens (tertiary/aromatic N) is 1. The van der Waals surface area contributed by atoms with Crippen molar-refractivity contribution in [3.8, 4) is 5.75 Å². The van der Waals surface area contributed by atoms with Crippen LogP contribution in [0.2, 0.25) is 5.02 Å². The lowest BCUT2D eigenvalue weighted by atomic mass is 9.89. The van der Waals surface area contributed by atoms with Crippen molar-refractivity contribution < 1.29 is 41.4 Å². The number of phenols is 1. The first-order valence-corrected chi connectivity index (χ1v) is 13.1. The lowest BCUT2D eigenvalue weighted by Crippen LogP contribution is -2.53. The van der Waals surface area contributed by atoms with Crippen LogP contribution in [0, 0.1) is 0 Å². The number of benzene rings is 3. The zero-order chi connectivity index (χ0) is 29.3. The highest BCUT2D eigenvalue weighted by Gasteiger charge is 2.56. The van der Waals surface area contributed by atoms with Crippen molar-refractivity contribution in [3.63, 3.8) is 0 Å². The molecule has 13 heteroatoms. The van der Waals surface area contributed by atoms with Crippen LogP contribution in [0.1, 0.15) is 39.2 Å². The molecule has 208 valence electrons. The van der Waals surface area contributed by atoms with Crippen LogP contribution < -0.4 is 5.32 Å². The minimum absolute atomic E-state index is 0.201. The van der Waals surface area contributed by atoms with E-state index in [-0.39, 0.29) is 26.8 Å². The lowest BCUT2D eigenvalue weighted by Gasteiger charge is -2.36. The van der Waals surface area contributed by atoms with Gasteiger partial charge in [-0.15, -0.1) is 0 Å². The van der Waals surface area contributed by atoms with Crippen molar-refractivity contribution in [2.24, 2.45) is 0 Å². The van der Waals surface area contributed by atoms with E-state index in [9.17, 15) is 41.4 Å². The number of aliphatic hydroxyl groups is 1. The monoisotopic (exact) mass is 584 g/mol. The minimum Gasteiger partial charge on any atom is -0.507 e. The summed E-state index contributed by atoms with van der Waals surface area (Å²) in [6.45, 7) is 0.431. The molecule has 3 rings (SSSR count). The second kappa shape index (κ2) is 10.9. The molecule has 0 aliphatic rings. The molecule has 2 amide bonds. The van der Waals surface area contributed by atoms with Gasteiger partial charge in [0.25, 0.3) is 11.8 Å². The summed E-state index contributed by atoms with van der Waals surface area (Å²) in [6, 6.07) is 10.8. The Labute approximate surface area is 227 Å². The number of rotatable bonds is 7. The molecule has 39 heavy (non-hydrogen) atoms. The first-order chi connectivity index (χ1) is 18.0. The van der Waals surface area contributed by atoms with E-state index in [1.54, 1.807) is 0 Å². The third kappa shape index (κ3) is 6.02. The Kier molecular flexibility index (Phi) is 8.34. The van der Waals surface area contributed by atoms with Crippen molar-refractivity contribution >= 4 is 33.3 Å². The van der Waals surface area contributed by atoms with Gasteiger partial charge in [-0.05, 0) is 61.0 Å². The number of nitrogens with one attached hydrogen (secondary N) is 1. The quantitative estimate of drug-likeness (QED) is 0.379. The highest BCUT2D eigenvalue weighted by Crippen LogP contribution is 2.42. The second-order valence-corrected chi connectivity index (χ2v) is 11.3. The fourth-order valence-electron chi connectivity index (χ4n) is 3.64. The average Bonchev–Trinajstić information content (AvgIpc) is 2.86.